The molecule has 0 spiro atoms. The van der Waals surface area contributed by atoms with Gasteiger partial charge in [-0.3, -0.25) is 4.79 Å². The smallest absolute Gasteiger partial charge is 0.344 e. The highest BCUT2D eigenvalue weighted by molar-refractivity contribution is 6.24. The van der Waals surface area contributed by atoms with E-state index in [0.717, 1.165) is 6.42 Å². The third kappa shape index (κ3) is 6.71. The molecular formula is C24H27NO4. The van der Waals surface area contributed by atoms with Crippen LogP contribution in [0.15, 0.2) is 66.4 Å². The van der Waals surface area contributed by atoms with Crippen molar-refractivity contribution in [2.45, 2.75) is 39.7 Å². The molecule has 0 aliphatic heterocycles. The van der Waals surface area contributed by atoms with Crippen LogP contribution < -0.4 is 0 Å². The minimum Gasteiger partial charge on any atom is -0.478 e. The number of ether oxygens (including phenoxy) is 2. The molecule has 0 fully saturated rings. The van der Waals surface area contributed by atoms with Gasteiger partial charge in [0.1, 0.15) is 5.60 Å². The minimum atomic E-state index is -0.606. The molecule has 5 nitrogen and oxygen atoms in total. The number of carbonyl (C=O) groups excluding carboxylic acids is 2. The lowest BCUT2D eigenvalue weighted by atomic mass is 9.93. The number of rotatable bonds is 4. The van der Waals surface area contributed by atoms with Gasteiger partial charge >= 0.3 is 5.97 Å². The highest BCUT2D eigenvalue weighted by Crippen LogP contribution is 2.21. The lowest BCUT2D eigenvalue weighted by Crippen LogP contribution is -2.27. The zero-order chi connectivity index (χ0) is 21.4. The topological polar surface area (TPSA) is 76.5 Å². The van der Waals surface area contributed by atoms with Crippen molar-refractivity contribution in [3.8, 4) is 0 Å². The first kappa shape index (κ1) is 22.1. The Balaban J connectivity index is 0.000000313. The summed E-state index contributed by atoms with van der Waals surface area (Å²) in [6, 6.07) is 17.3. The zero-order valence-corrected chi connectivity index (χ0v) is 17.3. The highest BCUT2D eigenvalue weighted by atomic mass is 16.6. The van der Waals surface area contributed by atoms with Crippen LogP contribution in [-0.2, 0) is 20.7 Å². The predicted molar refractivity (Wildman–Crippen MR) is 113 cm³/mol. The van der Waals surface area contributed by atoms with E-state index in [9.17, 15) is 9.59 Å². The van der Waals surface area contributed by atoms with Gasteiger partial charge in [-0.2, -0.15) is 0 Å². The zero-order valence-electron chi connectivity index (χ0n) is 17.3. The number of benzene rings is 2. The van der Waals surface area contributed by atoms with Crippen LogP contribution in [0.2, 0.25) is 0 Å². The first-order chi connectivity index (χ1) is 13.7. The first-order valence-corrected chi connectivity index (χ1v) is 9.54. The van der Waals surface area contributed by atoms with Crippen molar-refractivity contribution in [3.05, 3.63) is 83.1 Å². The summed E-state index contributed by atoms with van der Waals surface area (Å²) < 4.78 is 10.3. The van der Waals surface area contributed by atoms with Gasteiger partial charge < -0.3 is 14.9 Å². The van der Waals surface area contributed by atoms with Crippen LogP contribution in [0.1, 0.15) is 49.2 Å². The lowest BCUT2D eigenvalue weighted by molar-refractivity contribution is -0.158. The van der Waals surface area contributed by atoms with Crippen LogP contribution in [0.5, 0.6) is 0 Å². The number of fused-ring (bicyclic) bond motifs is 1. The Bertz CT molecular complexity index is 908. The van der Waals surface area contributed by atoms with Crippen LogP contribution >= 0.6 is 0 Å². The molecule has 0 saturated heterocycles. The van der Waals surface area contributed by atoms with Crippen molar-refractivity contribution in [2.24, 2.45) is 0 Å². The molecule has 0 amide bonds. The van der Waals surface area contributed by atoms with E-state index >= 15 is 0 Å². The van der Waals surface area contributed by atoms with Crippen molar-refractivity contribution in [2.75, 3.05) is 6.61 Å². The van der Waals surface area contributed by atoms with E-state index in [0.29, 0.717) is 11.1 Å². The van der Waals surface area contributed by atoms with E-state index in [2.05, 4.69) is 31.2 Å². The van der Waals surface area contributed by atoms with E-state index in [-0.39, 0.29) is 23.9 Å². The number of carbonyl (C=O) groups is 2. The third-order valence-corrected chi connectivity index (χ3v) is 3.98. The number of hydrogen-bond acceptors (Lipinski definition) is 5. The molecule has 0 unspecified atom stereocenters. The fourth-order valence-electron chi connectivity index (χ4n) is 2.65. The van der Waals surface area contributed by atoms with E-state index in [1.54, 1.807) is 45.0 Å². The van der Waals surface area contributed by atoms with Crippen LogP contribution in [0.3, 0.4) is 0 Å². The average molecular weight is 393 g/mol. The van der Waals surface area contributed by atoms with Crippen molar-refractivity contribution in [1.82, 2.24) is 0 Å². The van der Waals surface area contributed by atoms with Crippen molar-refractivity contribution in [1.29, 1.82) is 5.41 Å². The number of hydrogen-bond donors (Lipinski definition) is 1. The van der Waals surface area contributed by atoms with Gasteiger partial charge in [0, 0.05) is 17.2 Å². The molecule has 2 aromatic rings. The molecule has 0 heterocycles. The molecule has 1 aliphatic rings. The lowest BCUT2D eigenvalue weighted by Gasteiger charge is -2.20. The Morgan fingerprint density at radius 3 is 2.10 bits per heavy atom. The SMILES string of the molecule is CC(C)(C)OC(=O)COC1=CC(=N)c2ccccc2C1=O.CCc1ccccc1. The number of esters is 1. The molecule has 0 radical (unpaired) electrons. The normalized spacial score (nSPS) is 12.9. The van der Waals surface area contributed by atoms with Crippen LogP contribution in [-0.4, -0.2) is 29.7 Å². The summed E-state index contributed by atoms with van der Waals surface area (Å²) >= 11 is 0. The second kappa shape index (κ2) is 9.82. The van der Waals surface area contributed by atoms with Gasteiger partial charge in [0.15, 0.2) is 12.4 Å². The van der Waals surface area contributed by atoms with Crippen molar-refractivity contribution >= 4 is 17.5 Å². The molecule has 29 heavy (non-hydrogen) atoms. The summed E-state index contributed by atoms with van der Waals surface area (Å²) in [7, 11) is 0. The molecule has 152 valence electrons. The number of ketones is 1. The summed E-state index contributed by atoms with van der Waals surface area (Å²) in [6.07, 6.45) is 2.47. The minimum absolute atomic E-state index is 0.00967. The second-order valence-corrected chi connectivity index (χ2v) is 7.51. The van der Waals surface area contributed by atoms with Crippen molar-refractivity contribution < 1.29 is 19.1 Å². The highest BCUT2D eigenvalue weighted by Gasteiger charge is 2.25. The third-order valence-electron chi connectivity index (χ3n) is 3.98. The van der Waals surface area contributed by atoms with E-state index < -0.39 is 11.6 Å². The molecule has 5 heteroatoms. The van der Waals surface area contributed by atoms with E-state index in [1.807, 2.05) is 6.07 Å². The number of nitrogens with one attached hydrogen (secondary N) is 1. The van der Waals surface area contributed by atoms with Crippen LogP contribution in [0.25, 0.3) is 0 Å². The molecule has 2 aromatic carbocycles. The number of allylic oxidation sites excluding steroid dienone is 2. The monoisotopic (exact) mass is 393 g/mol. The molecule has 0 bridgehead atoms. The molecule has 0 aromatic heterocycles. The summed E-state index contributed by atoms with van der Waals surface area (Å²) in [5.41, 5.74) is 1.96. The molecule has 0 atom stereocenters. The Kier molecular flexibility index (Phi) is 7.48. The Labute approximate surface area is 171 Å². The molecule has 3 rings (SSSR count). The maximum atomic E-state index is 12.2. The molecular weight excluding hydrogens is 366 g/mol. The standard InChI is InChI=1S/C16H17NO4.C8H10/c1-16(2,3)21-14(18)9-20-13-8-12(17)10-6-4-5-7-11(10)15(13)19;1-2-8-6-4-3-5-7-8/h4-8,17H,9H2,1-3H3;3-7H,2H2,1H3. The predicted octanol–water partition coefficient (Wildman–Crippen LogP) is 4.74. The Morgan fingerprint density at radius 1 is 0.966 bits per heavy atom. The Morgan fingerprint density at radius 2 is 1.55 bits per heavy atom. The first-order valence-electron chi connectivity index (χ1n) is 9.54. The molecule has 1 aliphatic carbocycles. The number of Topliss-reactive ketones (excluding diaryl/α,β-unsaturated/α-hetero) is 1. The molecule has 1 N–H and O–H groups in total. The van der Waals surface area contributed by atoms with Crippen LogP contribution in [0, 0.1) is 5.41 Å². The van der Waals surface area contributed by atoms with Gasteiger partial charge in [0.25, 0.3) is 0 Å². The average Bonchev–Trinajstić information content (AvgIpc) is 2.69. The fourth-order valence-corrected chi connectivity index (χ4v) is 2.65. The summed E-state index contributed by atoms with van der Waals surface area (Å²) in [4.78, 5) is 23.8. The van der Waals surface area contributed by atoms with Gasteiger partial charge in [-0.1, -0.05) is 61.5 Å². The van der Waals surface area contributed by atoms with Gasteiger partial charge in [-0.25, -0.2) is 4.79 Å². The Hall–Kier alpha value is -3.21. The maximum absolute atomic E-state index is 12.2. The van der Waals surface area contributed by atoms with E-state index in [1.165, 1.54) is 11.6 Å². The van der Waals surface area contributed by atoms with Gasteiger partial charge in [-0.15, -0.1) is 0 Å². The van der Waals surface area contributed by atoms with Gasteiger partial charge in [-0.05, 0) is 32.8 Å². The second-order valence-electron chi connectivity index (χ2n) is 7.51. The van der Waals surface area contributed by atoms with Crippen LogP contribution in [0.4, 0.5) is 0 Å². The summed E-state index contributed by atoms with van der Waals surface area (Å²) in [5, 5.41) is 7.90. The van der Waals surface area contributed by atoms with Crippen molar-refractivity contribution in [3.63, 3.8) is 0 Å². The van der Waals surface area contributed by atoms with Gasteiger partial charge in [0.05, 0.1) is 5.71 Å². The fraction of sp³-hybridized carbons (Fsp3) is 0.292. The molecule has 0 saturated carbocycles. The quantitative estimate of drug-likeness (QED) is 0.761. The van der Waals surface area contributed by atoms with E-state index in [4.69, 9.17) is 14.9 Å². The summed E-state index contributed by atoms with van der Waals surface area (Å²) in [6.45, 7) is 7.06. The number of aryl methyl sites for hydroxylation is 1. The largest absolute Gasteiger partial charge is 0.478 e. The maximum Gasteiger partial charge on any atom is 0.344 e. The van der Waals surface area contributed by atoms with Gasteiger partial charge in [0.2, 0.25) is 5.78 Å². The summed E-state index contributed by atoms with van der Waals surface area (Å²) in [5.74, 6) is -0.892.